The topological polar surface area (TPSA) is 49.8 Å². The van der Waals surface area contributed by atoms with Gasteiger partial charge in [-0.25, -0.2) is 0 Å². The number of nitrogens with zero attached hydrogens (tertiary/aromatic N) is 1. The number of ether oxygens (including phenoxy) is 1. The van der Waals surface area contributed by atoms with Crippen LogP contribution >= 0.6 is 0 Å². The molecule has 2 saturated heterocycles. The average Bonchev–Trinajstić information content (AvgIpc) is 2.95. The number of aliphatic carboxylic acids is 1. The standard InChI is InChI=1S/C23H27NO3/c1-22(21(25)26)20(27-16-17-9-5-3-6-10-17)15-19-13-14-23(22,24(19)2)18-11-7-4-8-12-18/h3-12,19-20H,13-16H2,1-2H3,(H,25,26)/t19-,20-,22+,23+/m0/s1. The second-order valence-electron chi connectivity index (χ2n) is 8.06. The summed E-state index contributed by atoms with van der Waals surface area (Å²) >= 11 is 0. The second kappa shape index (κ2) is 6.77. The molecule has 1 N–H and O–H groups in total. The Kier molecular flexibility index (Phi) is 4.57. The summed E-state index contributed by atoms with van der Waals surface area (Å²) in [7, 11) is 2.08. The largest absolute Gasteiger partial charge is 0.481 e. The summed E-state index contributed by atoms with van der Waals surface area (Å²) in [6, 6.07) is 20.5. The molecule has 0 unspecified atom stereocenters. The third kappa shape index (κ3) is 2.62. The zero-order valence-corrected chi connectivity index (χ0v) is 16.0. The van der Waals surface area contributed by atoms with Gasteiger partial charge in [0.2, 0.25) is 0 Å². The van der Waals surface area contributed by atoms with E-state index in [1.54, 1.807) is 0 Å². The van der Waals surface area contributed by atoms with Crippen LogP contribution in [0.15, 0.2) is 60.7 Å². The summed E-state index contributed by atoms with van der Waals surface area (Å²) in [6.07, 6.45) is 2.26. The van der Waals surface area contributed by atoms with Gasteiger partial charge in [0.25, 0.3) is 0 Å². The van der Waals surface area contributed by atoms with Crippen LogP contribution in [0.2, 0.25) is 0 Å². The Morgan fingerprint density at radius 1 is 1.15 bits per heavy atom. The Morgan fingerprint density at radius 3 is 2.41 bits per heavy atom. The summed E-state index contributed by atoms with van der Waals surface area (Å²) in [5.74, 6) is -0.781. The molecule has 4 nitrogen and oxygen atoms in total. The highest BCUT2D eigenvalue weighted by molar-refractivity contribution is 5.78. The highest BCUT2D eigenvalue weighted by atomic mass is 16.5. The Labute approximate surface area is 160 Å². The highest BCUT2D eigenvalue weighted by Gasteiger charge is 2.67. The number of carboxylic acid groups (broad SMARTS) is 1. The molecule has 0 amide bonds. The lowest BCUT2D eigenvalue weighted by Crippen LogP contribution is -2.66. The fourth-order valence-corrected chi connectivity index (χ4v) is 5.39. The molecule has 2 aliphatic heterocycles. The van der Waals surface area contributed by atoms with Crippen LogP contribution in [0.25, 0.3) is 0 Å². The third-order valence-electron chi connectivity index (χ3n) is 6.97. The molecular formula is C23H27NO3. The summed E-state index contributed by atoms with van der Waals surface area (Å²) < 4.78 is 6.31. The minimum atomic E-state index is -1.02. The molecule has 0 radical (unpaired) electrons. The minimum absolute atomic E-state index is 0.334. The van der Waals surface area contributed by atoms with Gasteiger partial charge in [-0.15, -0.1) is 0 Å². The SMILES string of the molecule is CN1[C@H]2CC[C@@]1(c1ccccc1)[C@@](C)(C(=O)O)[C@@H](OCc1ccccc1)C2. The maximum Gasteiger partial charge on any atom is 0.314 e. The first-order valence-electron chi connectivity index (χ1n) is 9.67. The van der Waals surface area contributed by atoms with Crippen molar-refractivity contribution in [2.75, 3.05) is 7.05 Å². The lowest BCUT2D eigenvalue weighted by atomic mass is 9.60. The summed E-state index contributed by atoms with van der Waals surface area (Å²) in [4.78, 5) is 15.0. The van der Waals surface area contributed by atoms with Crippen LogP contribution in [0.5, 0.6) is 0 Å². The molecule has 142 valence electrons. The van der Waals surface area contributed by atoms with Crippen LogP contribution in [0.4, 0.5) is 0 Å². The normalized spacial score (nSPS) is 33.1. The average molecular weight is 365 g/mol. The molecule has 2 heterocycles. The smallest absolute Gasteiger partial charge is 0.314 e. The number of carboxylic acids is 1. The quantitative estimate of drug-likeness (QED) is 0.868. The van der Waals surface area contributed by atoms with Crippen molar-refractivity contribution in [3.8, 4) is 0 Å². The van der Waals surface area contributed by atoms with Gasteiger partial charge >= 0.3 is 5.97 Å². The molecule has 0 spiro atoms. The van der Waals surface area contributed by atoms with E-state index >= 15 is 0 Å². The highest BCUT2D eigenvalue weighted by Crippen LogP contribution is 2.60. The first-order valence-corrected chi connectivity index (χ1v) is 9.67. The molecule has 4 heteroatoms. The number of hydrogen-bond acceptors (Lipinski definition) is 3. The van der Waals surface area contributed by atoms with Crippen molar-refractivity contribution in [1.29, 1.82) is 0 Å². The maximum absolute atomic E-state index is 12.7. The van der Waals surface area contributed by atoms with Crippen molar-refractivity contribution in [3.05, 3.63) is 71.8 Å². The number of benzene rings is 2. The van der Waals surface area contributed by atoms with Crippen LogP contribution in [0.3, 0.4) is 0 Å². The molecule has 2 fully saturated rings. The predicted octanol–water partition coefficient (Wildman–Crippen LogP) is 4.06. The van der Waals surface area contributed by atoms with Crippen molar-refractivity contribution >= 4 is 5.97 Å². The molecule has 4 atom stereocenters. The number of carbonyl (C=O) groups is 1. The molecule has 0 aliphatic carbocycles. The maximum atomic E-state index is 12.7. The Balaban J connectivity index is 1.74. The Hall–Kier alpha value is -2.17. The van der Waals surface area contributed by atoms with Gasteiger partial charge in [0.15, 0.2) is 0 Å². The van der Waals surface area contributed by atoms with E-state index in [0.29, 0.717) is 12.6 Å². The predicted molar refractivity (Wildman–Crippen MR) is 104 cm³/mol. The molecule has 2 aromatic carbocycles. The van der Waals surface area contributed by atoms with E-state index in [2.05, 4.69) is 24.1 Å². The lowest BCUT2D eigenvalue weighted by molar-refractivity contribution is -0.193. The number of rotatable bonds is 5. The zero-order chi connectivity index (χ0) is 19.1. The minimum Gasteiger partial charge on any atom is -0.481 e. The number of piperidine rings is 1. The van der Waals surface area contributed by atoms with Gasteiger partial charge in [-0.1, -0.05) is 60.7 Å². The van der Waals surface area contributed by atoms with Gasteiger partial charge < -0.3 is 9.84 Å². The fraction of sp³-hybridized carbons (Fsp3) is 0.435. The lowest BCUT2D eigenvalue weighted by Gasteiger charge is -2.56. The van der Waals surface area contributed by atoms with E-state index in [1.165, 1.54) is 0 Å². The molecule has 2 aliphatic rings. The molecule has 2 bridgehead atoms. The third-order valence-corrected chi connectivity index (χ3v) is 6.97. The second-order valence-corrected chi connectivity index (χ2v) is 8.06. The summed E-state index contributed by atoms with van der Waals surface area (Å²) in [5, 5.41) is 10.4. The molecule has 0 aromatic heterocycles. The zero-order valence-electron chi connectivity index (χ0n) is 16.0. The van der Waals surface area contributed by atoms with Crippen molar-refractivity contribution in [2.45, 2.75) is 50.5 Å². The van der Waals surface area contributed by atoms with Gasteiger partial charge in [0.05, 0.1) is 18.2 Å². The molecule has 27 heavy (non-hydrogen) atoms. The van der Waals surface area contributed by atoms with Gasteiger partial charge in [-0.3, -0.25) is 9.69 Å². The molecule has 2 aromatic rings. The first kappa shape index (κ1) is 18.2. The van der Waals surface area contributed by atoms with Gasteiger partial charge in [-0.2, -0.15) is 0 Å². The monoisotopic (exact) mass is 365 g/mol. The van der Waals surface area contributed by atoms with Crippen LogP contribution in [0, 0.1) is 5.41 Å². The molecule has 4 rings (SSSR count). The van der Waals surface area contributed by atoms with Crippen molar-refractivity contribution < 1.29 is 14.6 Å². The van der Waals surface area contributed by atoms with E-state index in [9.17, 15) is 9.90 Å². The van der Waals surface area contributed by atoms with Gasteiger partial charge in [-0.05, 0) is 44.4 Å². The van der Waals surface area contributed by atoms with Crippen LogP contribution in [-0.2, 0) is 21.7 Å². The Morgan fingerprint density at radius 2 is 1.78 bits per heavy atom. The fourth-order valence-electron chi connectivity index (χ4n) is 5.39. The van der Waals surface area contributed by atoms with Crippen LogP contribution < -0.4 is 0 Å². The van der Waals surface area contributed by atoms with E-state index < -0.39 is 16.9 Å². The van der Waals surface area contributed by atoms with Crippen molar-refractivity contribution in [2.24, 2.45) is 5.41 Å². The summed E-state index contributed by atoms with van der Waals surface area (Å²) in [5.41, 5.74) is 0.577. The summed E-state index contributed by atoms with van der Waals surface area (Å²) in [6.45, 7) is 2.33. The molecular weight excluding hydrogens is 338 g/mol. The van der Waals surface area contributed by atoms with Crippen molar-refractivity contribution in [1.82, 2.24) is 4.90 Å². The first-order chi connectivity index (χ1) is 13.0. The van der Waals surface area contributed by atoms with Gasteiger partial charge in [0.1, 0.15) is 5.41 Å². The Bertz CT molecular complexity index is 809. The van der Waals surface area contributed by atoms with E-state index in [1.807, 2.05) is 55.5 Å². The number of hydrogen-bond donors (Lipinski definition) is 1. The van der Waals surface area contributed by atoms with Crippen molar-refractivity contribution in [3.63, 3.8) is 0 Å². The van der Waals surface area contributed by atoms with E-state index in [-0.39, 0.29) is 6.10 Å². The van der Waals surface area contributed by atoms with Crippen LogP contribution in [-0.4, -0.2) is 35.2 Å². The van der Waals surface area contributed by atoms with Crippen LogP contribution in [0.1, 0.15) is 37.3 Å². The van der Waals surface area contributed by atoms with E-state index in [0.717, 1.165) is 30.4 Å². The molecule has 0 saturated carbocycles. The van der Waals surface area contributed by atoms with Gasteiger partial charge in [0, 0.05) is 6.04 Å². The van der Waals surface area contributed by atoms with E-state index in [4.69, 9.17) is 4.74 Å². The number of fused-ring (bicyclic) bond motifs is 2.